The Balaban J connectivity index is 1.39. The van der Waals surface area contributed by atoms with Crippen LogP contribution in [0.1, 0.15) is 36.3 Å². The second-order valence-electron chi connectivity index (χ2n) is 9.27. The molecule has 0 saturated carbocycles. The molecule has 1 aromatic carbocycles. The topological polar surface area (TPSA) is 18.8 Å². The summed E-state index contributed by atoms with van der Waals surface area (Å²) in [6.07, 6.45) is 18.4. The molecule has 1 aromatic rings. The maximum Gasteiger partial charge on any atom is 0.0665 e. The zero-order valence-electron chi connectivity index (χ0n) is 17.9. The number of benzene rings is 1. The molecule has 5 rings (SSSR count). The van der Waals surface area contributed by atoms with E-state index in [1.54, 1.807) is 0 Å². The third kappa shape index (κ3) is 3.64. The van der Waals surface area contributed by atoms with Crippen LogP contribution in [0, 0.1) is 5.41 Å². The van der Waals surface area contributed by atoms with Crippen molar-refractivity contribution in [2.24, 2.45) is 10.4 Å². The fourth-order valence-corrected chi connectivity index (χ4v) is 4.84. The van der Waals surface area contributed by atoms with Crippen LogP contribution in [-0.2, 0) is 6.42 Å². The highest BCUT2D eigenvalue weighted by Crippen LogP contribution is 2.47. The van der Waals surface area contributed by atoms with Gasteiger partial charge in [-0.1, -0.05) is 36.4 Å². The van der Waals surface area contributed by atoms with E-state index in [1.807, 2.05) is 0 Å². The highest BCUT2D eigenvalue weighted by molar-refractivity contribution is 6.06. The third-order valence-electron chi connectivity index (χ3n) is 6.79. The van der Waals surface area contributed by atoms with Crippen molar-refractivity contribution in [1.82, 2.24) is 9.80 Å². The highest BCUT2D eigenvalue weighted by Gasteiger charge is 2.37. The Labute approximate surface area is 174 Å². The zero-order chi connectivity index (χ0) is 20.0. The van der Waals surface area contributed by atoms with E-state index >= 15 is 0 Å². The summed E-state index contributed by atoms with van der Waals surface area (Å²) in [7, 11) is 6.41. The molecule has 1 spiro atoms. The predicted molar refractivity (Wildman–Crippen MR) is 122 cm³/mol. The van der Waals surface area contributed by atoms with Gasteiger partial charge in [-0.2, -0.15) is 0 Å². The lowest BCUT2D eigenvalue weighted by Crippen LogP contribution is -2.29. The van der Waals surface area contributed by atoms with Crippen LogP contribution in [0.25, 0.3) is 0 Å². The molecule has 2 aliphatic heterocycles. The molecule has 0 N–H and O–H groups in total. The van der Waals surface area contributed by atoms with Gasteiger partial charge in [0, 0.05) is 26.0 Å². The van der Waals surface area contributed by atoms with Crippen molar-refractivity contribution in [2.45, 2.75) is 31.6 Å². The third-order valence-corrected chi connectivity index (χ3v) is 6.79. The first kappa shape index (κ1) is 18.6. The monoisotopic (exact) mass is 385 g/mol. The molecule has 29 heavy (non-hydrogen) atoms. The molecule has 0 unspecified atom stereocenters. The molecule has 2 heterocycles. The average molecular weight is 386 g/mol. The average Bonchev–Trinajstić information content (AvgIpc) is 3.50. The number of piperidine rings is 1. The van der Waals surface area contributed by atoms with Gasteiger partial charge in [-0.05, 0) is 86.2 Å². The van der Waals surface area contributed by atoms with Gasteiger partial charge < -0.3 is 9.80 Å². The number of nitrogens with zero attached hydrogens (tertiary/aromatic N) is 3. The van der Waals surface area contributed by atoms with E-state index < -0.39 is 0 Å². The van der Waals surface area contributed by atoms with Gasteiger partial charge in [0.1, 0.15) is 0 Å². The van der Waals surface area contributed by atoms with Gasteiger partial charge in [0.05, 0.1) is 11.1 Å². The van der Waals surface area contributed by atoms with Crippen molar-refractivity contribution in [3.05, 3.63) is 77.1 Å². The summed E-state index contributed by atoms with van der Waals surface area (Å²) >= 11 is 0. The van der Waals surface area contributed by atoms with Crippen molar-refractivity contribution in [3.63, 3.8) is 0 Å². The minimum atomic E-state index is 0.0594. The first-order valence-corrected chi connectivity index (χ1v) is 10.9. The van der Waals surface area contributed by atoms with Crippen LogP contribution in [0.5, 0.6) is 0 Å². The van der Waals surface area contributed by atoms with E-state index in [1.165, 1.54) is 59.6 Å². The van der Waals surface area contributed by atoms with Gasteiger partial charge >= 0.3 is 0 Å². The molecule has 1 saturated heterocycles. The quantitative estimate of drug-likeness (QED) is 0.681. The van der Waals surface area contributed by atoms with Crippen LogP contribution in [0.4, 0.5) is 5.69 Å². The molecule has 0 amide bonds. The van der Waals surface area contributed by atoms with Crippen molar-refractivity contribution >= 4 is 11.4 Å². The number of fused-ring (bicyclic) bond motifs is 1. The number of likely N-dealkylation sites (tertiary alicyclic amines) is 1. The summed E-state index contributed by atoms with van der Waals surface area (Å²) in [6.45, 7) is 2.42. The highest BCUT2D eigenvalue weighted by atomic mass is 15.1. The van der Waals surface area contributed by atoms with E-state index in [0.29, 0.717) is 5.92 Å². The Hall–Kier alpha value is -2.39. The summed E-state index contributed by atoms with van der Waals surface area (Å²) < 4.78 is 0. The predicted octanol–water partition coefficient (Wildman–Crippen LogP) is 5.01. The van der Waals surface area contributed by atoms with Crippen LogP contribution in [0.3, 0.4) is 0 Å². The van der Waals surface area contributed by atoms with Crippen LogP contribution in [0.2, 0.25) is 0 Å². The number of allylic oxidation sites excluding steroid dienone is 7. The van der Waals surface area contributed by atoms with E-state index in [0.717, 1.165) is 12.8 Å². The fraction of sp³-hybridized carbons (Fsp3) is 0.423. The van der Waals surface area contributed by atoms with Crippen molar-refractivity contribution in [2.75, 3.05) is 34.2 Å². The van der Waals surface area contributed by atoms with E-state index in [4.69, 9.17) is 4.99 Å². The number of rotatable bonds is 3. The maximum absolute atomic E-state index is 5.08. The minimum Gasteiger partial charge on any atom is -0.383 e. The van der Waals surface area contributed by atoms with Crippen molar-refractivity contribution in [1.29, 1.82) is 0 Å². The SMILES string of the molecule is CN(C)/C=C1/C=C(C2=Nc3ccc(C4CCN(C)CC4)cc3CC2)C=CC12C=C2. The standard InChI is InChI=1S/C26H31N3/c1-28(2)18-23-17-22(8-11-26(23)12-13-26)25-7-5-21-16-20(4-6-24(21)27-25)19-9-14-29(3)15-10-19/h4,6,8,11-13,16-19H,5,7,9-10,14-15H2,1-3H3/b23-18-. The van der Waals surface area contributed by atoms with Crippen LogP contribution in [0.15, 0.2) is 70.9 Å². The van der Waals surface area contributed by atoms with Gasteiger partial charge in [-0.15, -0.1) is 0 Å². The van der Waals surface area contributed by atoms with Crippen molar-refractivity contribution in [3.8, 4) is 0 Å². The normalized spacial score (nSPS) is 24.4. The summed E-state index contributed by atoms with van der Waals surface area (Å²) in [4.78, 5) is 9.65. The summed E-state index contributed by atoms with van der Waals surface area (Å²) in [6, 6.07) is 7.03. The molecule has 0 radical (unpaired) electrons. The van der Waals surface area contributed by atoms with Crippen molar-refractivity contribution < 1.29 is 0 Å². The first-order chi connectivity index (χ1) is 14.0. The molecule has 150 valence electrons. The number of aryl methyl sites for hydroxylation is 1. The molecule has 0 bridgehead atoms. The van der Waals surface area contributed by atoms with Crippen LogP contribution >= 0.6 is 0 Å². The Morgan fingerprint density at radius 1 is 1.10 bits per heavy atom. The van der Waals surface area contributed by atoms with Gasteiger partial charge in [-0.3, -0.25) is 4.99 Å². The van der Waals surface area contributed by atoms with Crippen LogP contribution < -0.4 is 0 Å². The lowest BCUT2D eigenvalue weighted by atomic mass is 9.83. The van der Waals surface area contributed by atoms with Crippen LogP contribution in [-0.4, -0.2) is 49.7 Å². The van der Waals surface area contributed by atoms with Gasteiger partial charge in [-0.25, -0.2) is 0 Å². The van der Waals surface area contributed by atoms with E-state index in [-0.39, 0.29) is 5.41 Å². The van der Waals surface area contributed by atoms with Gasteiger partial charge in [0.15, 0.2) is 0 Å². The Morgan fingerprint density at radius 2 is 1.90 bits per heavy atom. The van der Waals surface area contributed by atoms with E-state index in [2.05, 4.69) is 85.7 Å². The smallest absolute Gasteiger partial charge is 0.0665 e. The van der Waals surface area contributed by atoms with Gasteiger partial charge in [0.2, 0.25) is 0 Å². The number of aliphatic imine (C=N–C) groups is 1. The van der Waals surface area contributed by atoms with Gasteiger partial charge in [0.25, 0.3) is 0 Å². The molecular weight excluding hydrogens is 354 g/mol. The van der Waals surface area contributed by atoms with E-state index in [9.17, 15) is 0 Å². The fourth-order valence-electron chi connectivity index (χ4n) is 4.84. The molecular formula is C26H31N3. The molecule has 3 nitrogen and oxygen atoms in total. The molecule has 3 heteroatoms. The molecule has 4 aliphatic rings. The summed E-state index contributed by atoms with van der Waals surface area (Å²) in [5.41, 5.74) is 8.00. The largest absolute Gasteiger partial charge is 0.383 e. The molecule has 1 fully saturated rings. The number of hydrogen-bond acceptors (Lipinski definition) is 3. The zero-order valence-corrected chi connectivity index (χ0v) is 17.9. The second kappa shape index (κ2) is 7.14. The lowest BCUT2D eigenvalue weighted by Gasteiger charge is -2.30. The second-order valence-corrected chi connectivity index (χ2v) is 9.27. The summed E-state index contributed by atoms with van der Waals surface area (Å²) in [5, 5.41) is 0. The lowest BCUT2D eigenvalue weighted by molar-refractivity contribution is 0.255. The molecule has 0 aromatic heterocycles. The Morgan fingerprint density at radius 3 is 2.62 bits per heavy atom. The number of hydrogen-bond donors (Lipinski definition) is 0. The molecule has 0 atom stereocenters. The Kier molecular flexibility index (Phi) is 4.59. The maximum atomic E-state index is 5.08. The molecule has 2 aliphatic carbocycles. The Bertz CT molecular complexity index is 960. The minimum absolute atomic E-state index is 0.0594. The first-order valence-electron chi connectivity index (χ1n) is 10.9. The summed E-state index contributed by atoms with van der Waals surface area (Å²) in [5.74, 6) is 0.715.